The quantitative estimate of drug-likeness (QED) is 0.644. The fourth-order valence-corrected chi connectivity index (χ4v) is 4.53. The van der Waals surface area contributed by atoms with Gasteiger partial charge in [0.1, 0.15) is 5.56 Å². The number of pyridine rings is 1. The van der Waals surface area contributed by atoms with Gasteiger partial charge in [-0.15, -0.1) is 5.10 Å². The summed E-state index contributed by atoms with van der Waals surface area (Å²) in [6.45, 7) is 2.15. The Hall–Kier alpha value is -3.76. The van der Waals surface area contributed by atoms with Gasteiger partial charge in [0, 0.05) is 32.9 Å². The SMILES string of the molecule is CN1C[C@@H]2CCN(c3ccncc3NC(=O)c3c(N)nn4cc(F)cnc34)C[C@@H]2C1=O. The molecular formula is C20H21FN8O2. The van der Waals surface area contributed by atoms with Crippen LogP contribution in [0.1, 0.15) is 16.8 Å². The number of nitrogen functional groups attached to an aromatic ring is 1. The average molecular weight is 424 g/mol. The molecule has 2 aliphatic heterocycles. The second kappa shape index (κ2) is 7.18. The second-order valence-corrected chi connectivity index (χ2v) is 7.97. The van der Waals surface area contributed by atoms with E-state index >= 15 is 0 Å². The lowest BCUT2D eigenvalue weighted by molar-refractivity contribution is -0.130. The second-order valence-electron chi connectivity index (χ2n) is 7.97. The van der Waals surface area contributed by atoms with Crippen LogP contribution in [-0.4, -0.2) is 63.0 Å². The van der Waals surface area contributed by atoms with Gasteiger partial charge in [0.05, 0.1) is 35.9 Å². The van der Waals surface area contributed by atoms with E-state index < -0.39 is 11.7 Å². The number of carbonyl (C=O) groups excluding carboxylic acids is 2. The Labute approximate surface area is 176 Å². The highest BCUT2D eigenvalue weighted by Crippen LogP contribution is 2.36. The molecule has 31 heavy (non-hydrogen) atoms. The number of hydrogen-bond acceptors (Lipinski definition) is 7. The zero-order valence-electron chi connectivity index (χ0n) is 16.8. The number of nitrogens with one attached hydrogen (secondary N) is 1. The van der Waals surface area contributed by atoms with E-state index in [-0.39, 0.29) is 28.9 Å². The monoisotopic (exact) mass is 424 g/mol. The van der Waals surface area contributed by atoms with Crippen LogP contribution in [0.2, 0.25) is 0 Å². The fraction of sp³-hybridized carbons (Fsp3) is 0.350. The Kier molecular flexibility index (Phi) is 4.45. The maximum atomic E-state index is 13.4. The number of likely N-dealkylation sites (tertiary alicyclic amines) is 1. The molecule has 11 heteroatoms. The normalized spacial score (nSPS) is 20.9. The van der Waals surface area contributed by atoms with E-state index in [4.69, 9.17) is 5.73 Å². The van der Waals surface area contributed by atoms with Crippen LogP contribution in [-0.2, 0) is 4.79 Å². The van der Waals surface area contributed by atoms with Crippen LogP contribution in [0.5, 0.6) is 0 Å². The van der Waals surface area contributed by atoms with E-state index in [1.165, 1.54) is 0 Å². The topological polar surface area (TPSA) is 122 Å². The largest absolute Gasteiger partial charge is 0.381 e. The Balaban J connectivity index is 1.42. The van der Waals surface area contributed by atoms with Crippen molar-refractivity contribution >= 4 is 34.7 Å². The molecule has 3 aromatic heterocycles. The molecule has 3 N–H and O–H groups in total. The number of halogens is 1. The van der Waals surface area contributed by atoms with Crippen LogP contribution in [0.4, 0.5) is 21.6 Å². The predicted molar refractivity (Wildman–Crippen MR) is 111 cm³/mol. The summed E-state index contributed by atoms with van der Waals surface area (Å²) in [7, 11) is 1.84. The first kappa shape index (κ1) is 19.2. The van der Waals surface area contributed by atoms with Crippen molar-refractivity contribution in [3.05, 3.63) is 42.2 Å². The number of piperidine rings is 1. The third-order valence-corrected chi connectivity index (χ3v) is 6.04. The number of fused-ring (bicyclic) bond motifs is 2. The minimum absolute atomic E-state index is 0.0511. The number of hydrogen-bond donors (Lipinski definition) is 2. The van der Waals surface area contributed by atoms with Gasteiger partial charge in [-0.1, -0.05) is 0 Å². The number of aromatic nitrogens is 4. The minimum Gasteiger partial charge on any atom is -0.381 e. The standard InChI is InChI=1S/C20H21FN8O2/c1-27-8-11-3-5-28(10-13(11)20(27)31)15-2-4-23-7-14(15)25-19(30)16-17(22)26-29-9-12(21)6-24-18(16)29/h2,4,6-7,9,11,13H,3,5,8,10H2,1H3,(H2,22,26)(H,25,30)/t11-,13-/m0/s1. The van der Waals surface area contributed by atoms with Gasteiger partial charge in [0.25, 0.3) is 5.91 Å². The van der Waals surface area contributed by atoms with Crippen LogP contribution in [0.3, 0.4) is 0 Å². The first-order valence-corrected chi connectivity index (χ1v) is 9.97. The van der Waals surface area contributed by atoms with E-state index in [9.17, 15) is 14.0 Å². The van der Waals surface area contributed by atoms with E-state index in [1.807, 2.05) is 13.1 Å². The van der Waals surface area contributed by atoms with Gasteiger partial charge >= 0.3 is 0 Å². The maximum absolute atomic E-state index is 13.4. The summed E-state index contributed by atoms with van der Waals surface area (Å²) in [6, 6.07) is 1.81. The van der Waals surface area contributed by atoms with Crippen molar-refractivity contribution in [1.82, 2.24) is 24.5 Å². The number of nitrogens with zero attached hydrogens (tertiary/aromatic N) is 6. The highest BCUT2D eigenvalue weighted by Gasteiger charge is 2.42. The zero-order chi connectivity index (χ0) is 21.7. The summed E-state index contributed by atoms with van der Waals surface area (Å²) >= 11 is 0. The van der Waals surface area contributed by atoms with Gasteiger partial charge in [-0.25, -0.2) is 13.9 Å². The molecule has 2 amide bonds. The van der Waals surface area contributed by atoms with E-state index in [2.05, 4.69) is 25.3 Å². The summed E-state index contributed by atoms with van der Waals surface area (Å²) in [5.41, 5.74) is 7.38. The molecule has 5 rings (SSSR count). The average Bonchev–Trinajstić information content (AvgIpc) is 3.23. The molecule has 0 bridgehead atoms. The van der Waals surface area contributed by atoms with Gasteiger partial charge in [0.2, 0.25) is 5.91 Å². The highest BCUT2D eigenvalue weighted by molar-refractivity contribution is 6.12. The van der Waals surface area contributed by atoms with Gasteiger partial charge in [-0.2, -0.15) is 0 Å². The molecule has 2 atom stereocenters. The smallest absolute Gasteiger partial charge is 0.263 e. The van der Waals surface area contributed by atoms with Crippen LogP contribution in [0.15, 0.2) is 30.9 Å². The zero-order valence-corrected chi connectivity index (χ0v) is 16.8. The summed E-state index contributed by atoms with van der Waals surface area (Å²) in [4.78, 5) is 37.5. The van der Waals surface area contributed by atoms with E-state index in [1.54, 1.807) is 17.3 Å². The van der Waals surface area contributed by atoms with Crippen molar-refractivity contribution in [3.63, 3.8) is 0 Å². The molecule has 2 aliphatic rings. The van der Waals surface area contributed by atoms with Crippen molar-refractivity contribution in [1.29, 1.82) is 0 Å². The number of anilines is 3. The molecule has 3 aromatic rings. The number of carbonyl (C=O) groups is 2. The first-order valence-electron chi connectivity index (χ1n) is 9.97. The molecule has 2 fully saturated rings. The van der Waals surface area contributed by atoms with Gasteiger partial charge in [-0.05, 0) is 18.4 Å². The molecular weight excluding hydrogens is 403 g/mol. The Morgan fingerprint density at radius 2 is 2.16 bits per heavy atom. The van der Waals surface area contributed by atoms with Crippen molar-refractivity contribution < 1.29 is 14.0 Å². The number of rotatable bonds is 3. The lowest BCUT2D eigenvalue weighted by Crippen LogP contribution is -2.42. The highest BCUT2D eigenvalue weighted by atomic mass is 19.1. The summed E-state index contributed by atoms with van der Waals surface area (Å²) in [5, 5.41) is 6.80. The van der Waals surface area contributed by atoms with Crippen molar-refractivity contribution in [2.45, 2.75) is 6.42 Å². The molecule has 2 saturated heterocycles. The minimum atomic E-state index is -0.591. The molecule has 0 aromatic carbocycles. The molecule has 0 radical (unpaired) electrons. The Morgan fingerprint density at radius 1 is 1.32 bits per heavy atom. The lowest BCUT2D eigenvalue weighted by atomic mass is 9.88. The van der Waals surface area contributed by atoms with Crippen molar-refractivity contribution in [2.24, 2.45) is 11.8 Å². The summed E-state index contributed by atoms with van der Waals surface area (Å²) < 4.78 is 14.6. The van der Waals surface area contributed by atoms with Gasteiger partial charge < -0.3 is 20.9 Å². The van der Waals surface area contributed by atoms with E-state index in [0.29, 0.717) is 18.2 Å². The summed E-state index contributed by atoms with van der Waals surface area (Å²) in [6.07, 6.45) is 6.20. The Morgan fingerprint density at radius 3 is 3.00 bits per heavy atom. The number of nitrogens with two attached hydrogens (primary N) is 1. The van der Waals surface area contributed by atoms with E-state index in [0.717, 1.165) is 42.1 Å². The predicted octanol–water partition coefficient (Wildman–Crippen LogP) is 1.01. The lowest BCUT2D eigenvalue weighted by Gasteiger charge is -2.35. The fourth-order valence-electron chi connectivity index (χ4n) is 4.53. The third-order valence-electron chi connectivity index (χ3n) is 6.04. The molecule has 0 saturated carbocycles. The molecule has 0 spiro atoms. The first-order chi connectivity index (χ1) is 14.9. The molecule has 5 heterocycles. The maximum Gasteiger partial charge on any atom is 0.263 e. The van der Waals surface area contributed by atoms with Crippen LogP contribution in [0, 0.1) is 17.7 Å². The molecule has 10 nitrogen and oxygen atoms in total. The van der Waals surface area contributed by atoms with Crippen LogP contribution in [0.25, 0.3) is 5.65 Å². The number of amides is 2. The van der Waals surface area contributed by atoms with Gasteiger partial charge in [-0.3, -0.25) is 14.6 Å². The summed E-state index contributed by atoms with van der Waals surface area (Å²) in [5.74, 6) is -0.698. The van der Waals surface area contributed by atoms with Crippen molar-refractivity contribution in [3.8, 4) is 0 Å². The van der Waals surface area contributed by atoms with Crippen LogP contribution < -0.4 is 16.0 Å². The Bertz CT molecular complexity index is 1200. The molecule has 160 valence electrons. The molecule has 0 aliphatic carbocycles. The molecule has 0 unspecified atom stereocenters. The van der Waals surface area contributed by atoms with Crippen molar-refractivity contribution in [2.75, 3.05) is 42.6 Å². The van der Waals surface area contributed by atoms with Crippen LogP contribution >= 0.6 is 0 Å². The van der Waals surface area contributed by atoms with Gasteiger partial charge in [0.15, 0.2) is 17.3 Å². The third kappa shape index (κ3) is 3.22.